The lowest BCUT2D eigenvalue weighted by molar-refractivity contribution is 0.122. The monoisotopic (exact) mass is 1840 g/mol. The zero-order chi connectivity index (χ0) is 90.4. The van der Waals surface area contributed by atoms with E-state index in [1.165, 1.54) is 6.33 Å². The van der Waals surface area contributed by atoms with E-state index in [-0.39, 0.29) is 47.5 Å². The van der Waals surface area contributed by atoms with Crippen molar-refractivity contribution in [2.45, 2.75) is 171 Å². The molecule has 5 saturated heterocycles. The molecule has 36 nitrogen and oxygen atoms in total. The van der Waals surface area contributed by atoms with Gasteiger partial charge in [0.2, 0.25) is 29.5 Å². The van der Waals surface area contributed by atoms with Gasteiger partial charge in [0.15, 0.2) is 22.5 Å². The van der Waals surface area contributed by atoms with Gasteiger partial charge in [0.25, 0.3) is 0 Å². The van der Waals surface area contributed by atoms with E-state index in [2.05, 4.69) is 169 Å². The first-order chi connectivity index (χ1) is 65.4. The number of hydrogen-bond donors (Lipinski definition) is 4. The summed E-state index contributed by atoms with van der Waals surface area (Å²) in [4.78, 5) is 79.6. The fraction of sp³-hybridized carbons (Fsp3) is 0.495. The molecule has 8 aromatic heterocycles. The Balaban J connectivity index is 0.000000119. The lowest BCUT2D eigenvalue weighted by atomic mass is 9.93. The predicted molar refractivity (Wildman–Crippen MR) is 502 cm³/mol. The number of anilines is 8. The highest BCUT2D eigenvalue weighted by molar-refractivity contribution is 6.29. The van der Waals surface area contributed by atoms with E-state index >= 15 is 0 Å². The summed E-state index contributed by atoms with van der Waals surface area (Å²) in [6.07, 6.45) is 38.3. The van der Waals surface area contributed by atoms with Crippen molar-refractivity contribution in [2.75, 3.05) is 174 Å². The van der Waals surface area contributed by atoms with Crippen molar-refractivity contribution in [3.05, 3.63) is 152 Å². The van der Waals surface area contributed by atoms with Crippen molar-refractivity contribution >= 4 is 102 Å². The van der Waals surface area contributed by atoms with Gasteiger partial charge >= 0.3 is 0 Å². The Kier molecular flexibility index (Phi) is 30.7. The van der Waals surface area contributed by atoms with Crippen LogP contribution in [0.15, 0.2) is 135 Å². The van der Waals surface area contributed by atoms with Crippen LogP contribution in [0.5, 0.6) is 40.4 Å². The van der Waals surface area contributed by atoms with E-state index in [1.807, 2.05) is 13.0 Å². The fourth-order valence-electron chi connectivity index (χ4n) is 18.2. The maximum Gasteiger partial charge on any atom is 0.226 e. The van der Waals surface area contributed by atoms with Crippen molar-refractivity contribution in [2.24, 2.45) is 0 Å². The van der Waals surface area contributed by atoms with E-state index < -0.39 is 5.82 Å². The van der Waals surface area contributed by atoms with Gasteiger partial charge in [-0.25, -0.2) is 54.8 Å². The lowest BCUT2D eigenvalue weighted by Gasteiger charge is -2.31. The number of ether oxygens (including phenoxy) is 12. The Labute approximate surface area is 775 Å². The molecule has 0 unspecified atom stereocenters. The topological polar surface area (TPSA) is 378 Å². The van der Waals surface area contributed by atoms with E-state index in [0.29, 0.717) is 73.2 Å². The highest BCUT2D eigenvalue weighted by atomic mass is 35.5. The third kappa shape index (κ3) is 24.3. The van der Waals surface area contributed by atoms with E-state index in [9.17, 15) is 4.39 Å². The second kappa shape index (κ2) is 44.9. The van der Waals surface area contributed by atoms with Crippen LogP contribution >= 0.6 is 11.6 Å². The summed E-state index contributed by atoms with van der Waals surface area (Å²) in [6, 6.07) is 19.6. The number of nitrogens with zero attached hydrogens (tertiary/aromatic N) is 20. The molecule has 0 amide bonds. The van der Waals surface area contributed by atoms with Crippen molar-refractivity contribution in [1.82, 2.24) is 79.7 Å². The molecule has 0 bridgehead atoms. The number of rotatable bonds is 24. The van der Waals surface area contributed by atoms with Crippen LogP contribution in [-0.2, 0) is 23.7 Å². The molecule has 4 saturated carbocycles. The number of aromatic nitrogens is 16. The molecule has 13 heterocycles. The zero-order valence-corrected chi connectivity index (χ0v) is 76.0. The number of nitrogens with one attached hydrogen (secondary N) is 4. The Morgan fingerprint density at radius 2 is 0.669 bits per heavy atom. The second-order valence-electron chi connectivity index (χ2n) is 34.3. The molecule has 0 radical (unpaired) electrons. The quantitative estimate of drug-likeness (QED) is 0.0408. The molecule has 12 aromatic rings. The number of aryl methyl sites for hydroxylation is 1. The molecule has 0 spiro atoms. The van der Waals surface area contributed by atoms with Crippen molar-refractivity contribution in [1.29, 1.82) is 0 Å². The summed E-state index contributed by atoms with van der Waals surface area (Å²) < 4.78 is 83.7. The van der Waals surface area contributed by atoms with Gasteiger partial charge in [-0.2, -0.15) is 9.37 Å². The molecule has 4 aromatic carbocycles. The van der Waals surface area contributed by atoms with Gasteiger partial charge in [0, 0.05) is 191 Å². The number of hydrogen-bond acceptors (Lipinski definition) is 36. The molecule has 700 valence electrons. The fourth-order valence-corrected chi connectivity index (χ4v) is 18.3. The van der Waals surface area contributed by atoms with Crippen molar-refractivity contribution in [3.63, 3.8) is 0 Å². The van der Waals surface area contributed by atoms with E-state index in [0.717, 1.165) is 303 Å². The van der Waals surface area contributed by atoms with Crippen molar-refractivity contribution < 1.29 is 61.2 Å². The summed E-state index contributed by atoms with van der Waals surface area (Å²) in [6.45, 7) is 16.1. The van der Waals surface area contributed by atoms with Gasteiger partial charge in [-0.15, -0.1) is 0 Å². The van der Waals surface area contributed by atoms with Crippen LogP contribution in [-0.4, -0.2) is 267 Å². The largest absolute Gasteiger partial charge is 0.494 e. The molecule has 9 fully saturated rings. The van der Waals surface area contributed by atoms with Crippen LogP contribution in [0.2, 0.25) is 5.15 Å². The average Bonchev–Trinajstić information content (AvgIpc) is 1.62. The Bertz CT molecular complexity index is 5760. The lowest BCUT2D eigenvalue weighted by Crippen LogP contribution is -2.36. The average molecular weight is 1840 g/mol. The van der Waals surface area contributed by atoms with E-state index in [1.54, 1.807) is 88.6 Å². The molecule has 38 heteroatoms. The van der Waals surface area contributed by atoms with Crippen LogP contribution in [0.1, 0.15) is 115 Å². The second-order valence-corrected chi connectivity index (χ2v) is 34.7. The number of morpholine rings is 4. The summed E-state index contributed by atoms with van der Waals surface area (Å²) in [5, 5.41) is 13.3. The van der Waals surface area contributed by atoms with Gasteiger partial charge in [-0.3, -0.25) is 19.9 Å². The first-order valence-corrected chi connectivity index (χ1v) is 46.8. The van der Waals surface area contributed by atoms with Crippen LogP contribution < -0.4 is 74.0 Å². The summed E-state index contributed by atoms with van der Waals surface area (Å²) in [5.74, 6) is 6.52. The summed E-state index contributed by atoms with van der Waals surface area (Å²) in [7, 11) is 3.23. The molecule has 4 aliphatic carbocycles. The minimum Gasteiger partial charge on any atom is -0.494 e. The Morgan fingerprint density at radius 3 is 1.01 bits per heavy atom. The zero-order valence-electron chi connectivity index (χ0n) is 75.2. The smallest absolute Gasteiger partial charge is 0.226 e. The molecule has 1 atom stereocenters. The predicted octanol–water partition coefficient (Wildman–Crippen LogP) is 13.5. The summed E-state index contributed by atoms with van der Waals surface area (Å²) >= 11 is 5.75. The Morgan fingerprint density at radius 1 is 0.331 bits per heavy atom. The normalized spacial score (nSPS) is 22.2. The van der Waals surface area contributed by atoms with Gasteiger partial charge in [0.1, 0.15) is 57.5 Å². The third-order valence-electron chi connectivity index (χ3n) is 25.3. The molecule has 21 rings (SSSR count). The number of fused-ring (bicyclic) bond motifs is 4. The van der Waals surface area contributed by atoms with E-state index in [4.69, 9.17) is 68.4 Å². The minimum absolute atomic E-state index is 0.0528. The number of benzene rings is 4. The maximum atomic E-state index is 14.1. The molecular formula is C95H114ClFN24O12. The Hall–Kier alpha value is -12.4. The first-order valence-electron chi connectivity index (χ1n) is 46.4. The molecule has 5 aliphatic heterocycles. The van der Waals surface area contributed by atoms with Gasteiger partial charge < -0.3 is 97.7 Å². The standard InChI is InChI=1S/C26H32N6O4.C24H30N6O3.C23H28N6O3.C22H24ClFN6O2/c1-3-20(4-2-18(1)31-26-29-15-22(16-30-26)35-21-5-10-34-17-21)36-24-14-19(32-8-11-33-12-9-32)13-23-25(24)28-7-6-27-23;1-16-13-22(31-2)29-24(27-16)28-17-3-5-19(6-4-17)33-21-15-18(30-9-11-32-12-10-30)14-20-23(21)26-8-7-25-20;1-30-19-14-26-23(27-15-19)28-16-2-4-18(5-3-16)32-21-13-17(29-8-10-31-11-9-29)12-20-22(21)25-7-6-24-20;23-21-19(24)22(28-13-27-21)29-14-1-3-16(4-2-14)32-18-12-15(30-7-9-31-10-8-30)11-17-20(18)26-6-5-25-17/h6-7,13-16,18,20-21H,1-5,8-12,17H2,(H,29,30,31);7-8,13-15,17,19H,3-6,9-12H2,1-2H3,(H,27,28,29);6-7,12-16,18H,2-5,8-11H2,1H3,(H,26,27,28);5-6,11-14,16H,1-4,7-10H2,(H,27,28,29)/t18?,20?,21-;;;/m1.../s1. The van der Waals surface area contributed by atoms with Crippen LogP contribution in [0.4, 0.5) is 50.8 Å². The highest BCUT2D eigenvalue weighted by Crippen LogP contribution is 2.40. The van der Waals surface area contributed by atoms with Gasteiger partial charge in [-0.1, -0.05) is 11.6 Å². The van der Waals surface area contributed by atoms with Crippen molar-refractivity contribution in [3.8, 4) is 40.4 Å². The summed E-state index contributed by atoms with van der Waals surface area (Å²) in [5.41, 5.74) is 11.9. The third-order valence-corrected chi connectivity index (χ3v) is 25.5. The van der Waals surface area contributed by atoms with Crippen LogP contribution in [0.3, 0.4) is 0 Å². The first kappa shape index (κ1) is 91.1. The minimum atomic E-state index is -0.613. The SMILES string of the molecule is COc1cc(C)nc(NC2CCC(Oc3cc(N4CCOCC4)cc4nccnc34)CC2)n1.COc1cnc(NC2CCC(Oc3cc(N4CCOCC4)cc4nccnc34)CC2)nc1.Fc1c(Cl)ncnc1NC1CCC(Oc2cc(N3CCOCC3)cc3nccnc23)CC1.c1cnc2c(OC3CCC(Nc4ncc(O[C@@H]5CCOC5)cn4)CC3)cc(N3CCOCC3)cc2n1. The van der Waals surface area contributed by atoms with Crippen LogP contribution in [0, 0.1) is 12.7 Å². The maximum absolute atomic E-state index is 14.1. The molecule has 9 aliphatic rings. The molecular weight excluding hydrogens is 1720 g/mol. The highest BCUT2D eigenvalue weighted by Gasteiger charge is 2.32. The molecule has 133 heavy (non-hydrogen) atoms. The van der Waals surface area contributed by atoms with Gasteiger partial charge in [-0.05, 0) is 134 Å². The van der Waals surface area contributed by atoms with Gasteiger partial charge in [0.05, 0.1) is 152 Å². The van der Waals surface area contributed by atoms with Crippen LogP contribution in [0.25, 0.3) is 44.1 Å². The number of methoxy groups -OCH3 is 2. The molecule has 4 N–H and O–H groups in total. The number of halogens is 2.